The number of carbonyl (C=O) groups is 1. The van der Waals surface area contributed by atoms with Crippen LogP contribution in [-0.2, 0) is 10.5 Å². The first-order valence-electron chi connectivity index (χ1n) is 7.79. The quantitative estimate of drug-likeness (QED) is 0.839. The second-order valence-electron chi connectivity index (χ2n) is 5.88. The van der Waals surface area contributed by atoms with Crippen LogP contribution in [0.3, 0.4) is 0 Å². The normalized spacial score (nSPS) is 21.4. The highest BCUT2D eigenvalue weighted by Gasteiger charge is 2.22. The predicted molar refractivity (Wildman–Crippen MR) is 93.7 cm³/mol. The lowest BCUT2D eigenvalue weighted by Gasteiger charge is -2.29. The Labute approximate surface area is 142 Å². The second kappa shape index (κ2) is 8.68. The molecule has 1 saturated carbocycles. The smallest absolute Gasteiger partial charge is 0.230 e. The van der Waals surface area contributed by atoms with Crippen molar-refractivity contribution in [3.05, 3.63) is 28.8 Å². The molecule has 3 nitrogen and oxygen atoms in total. The molecule has 1 aromatic carbocycles. The van der Waals surface area contributed by atoms with Crippen LogP contribution in [0.15, 0.2) is 18.2 Å². The third kappa shape index (κ3) is 5.10. The minimum absolute atomic E-state index is 0.129. The van der Waals surface area contributed by atoms with Gasteiger partial charge in [0, 0.05) is 22.4 Å². The Morgan fingerprint density at radius 2 is 2.18 bits per heavy atom. The molecule has 1 aliphatic carbocycles. The largest absolute Gasteiger partial charge is 0.496 e. The van der Waals surface area contributed by atoms with Gasteiger partial charge < -0.3 is 10.1 Å². The summed E-state index contributed by atoms with van der Waals surface area (Å²) in [5, 5.41) is 3.87. The molecule has 0 unspecified atom stereocenters. The van der Waals surface area contributed by atoms with Crippen LogP contribution in [0, 0.1) is 5.92 Å². The summed E-state index contributed by atoms with van der Waals surface area (Å²) in [6.07, 6.45) is 4.84. The number of methoxy groups -OCH3 is 1. The standard InChI is InChI=1S/C17H24ClNO2S/c1-12-5-3-4-6-15(12)19-17(20)11-22-10-13-9-14(18)7-8-16(13)21-2/h7-9,12,15H,3-6,10-11H2,1-2H3,(H,19,20)/t12-,15-/m1/s1. The molecule has 1 aliphatic rings. The lowest BCUT2D eigenvalue weighted by atomic mass is 9.86. The van der Waals surface area contributed by atoms with Gasteiger partial charge in [0.25, 0.3) is 0 Å². The van der Waals surface area contributed by atoms with E-state index in [0.29, 0.717) is 22.7 Å². The first-order valence-corrected chi connectivity index (χ1v) is 9.33. The summed E-state index contributed by atoms with van der Waals surface area (Å²) < 4.78 is 5.32. The molecule has 0 heterocycles. The molecular weight excluding hydrogens is 318 g/mol. The maximum atomic E-state index is 12.1. The van der Waals surface area contributed by atoms with Crippen molar-refractivity contribution in [1.29, 1.82) is 0 Å². The Balaban J connectivity index is 1.78. The molecule has 0 aliphatic heterocycles. The summed E-state index contributed by atoms with van der Waals surface area (Å²) in [7, 11) is 1.65. The van der Waals surface area contributed by atoms with Crippen LogP contribution in [-0.4, -0.2) is 24.8 Å². The Bertz CT molecular complexity index is 509. The van der Waals surface area contributed by atoms with E-state index in [1.807, 2.05) is 18.2 Å². The van der Waals surface area contributed by atoms with E-state index in [1.54, 1.807) is 18.9 Å². The van der Waals surface area contributed by atoms with Gasteiger partial charge >= 0.3 is 0 Å². The van der Waals surface area contributed by atoms with E-state index in [-0.39, 0.29) is 5.91 Å². The molecule has 1 aromatic rings. The molecule has 1 fully saturated rings. The average Bonchev–Trinajstić information content (AvgIpc) is 2.50. The van der Waals surface area contributed by atoms with Gasteiger partial charge in [0.05, 0.1) is 12.9 Å². The zero-order chi connectivity index (χ0) is 15.9. The molecule has 0 aromatic heterocycles. The van der Waals surface area contributed by atoms with E-state index in [0.717, 1.165) is 23.5 Å². The van der Waals surface area contributed by atoms with Gasteiger partial charge in [0.1, 0.15) is 5.75 Å². The summed E-state index contributed by atoms with van der Waals surface area (Å²) >= 11 is 7.61. The van der Waals surface area contributed by atoms with Crippen molar-refractivity contribution >= 4 is 29.3 Å². The number of rotatable bonds is 6. The molecule has 0 spiro atoms. The highest BCUT2D eigenvalue weighted by molar-refractivity contribution is 7.99. The first kappa shape index (κ1) is 17.5. The van der Waals surface area contributed by atoms with Crippen LogP contribution in [0.1, 0.15) is 38.2 Å². The summed E-state index contributed by atoms with van der Waals surface area (Å²) in [5.74, 6) is 2.73. The number of hydrogen-bond donors (Lipinski definition) is 1. The number of benzene rings is 1. The first-order chi connectivity index (χ1) is 10.6. The van der Waals surface area contributed by atoms with Crippen LogP contribution in [0.2, 0.25) is 5.02 Å². The molecule has 1 N–H and O–H groups in total. The van der Waals surface area contributed by atoms with E-state index in [4.69, 9.17) is 16.3 Å². The zero-order valence-corrected chi connectivity index (χ0v) is 14.8. The molecule has 0 radical (unpaired) electrons. The van der Waals surface area contributed by atoms with Gasteiger partial charge in [-0.2, -0.15) is 0 Å². The number of thioether (sulfide) groups is 1. The van der Waals surface area contributed by atoms with Gasteiger partial charge in [-0.1, -0.05) is 31.4 Å². The fourth-order valence-electron chi connectivity index (χ4n) is 2.89. The van der Waals surface area contributed by atoms with Crippen molar-refractivity contribution in [3.8, 4) is 5.75 Å². The fourth-order valence-corrected chi connectivity index (χ4v) is 3.90. The van der Waals surface area contributed by atoms with E-state index >= 15 is 0 Å². The molecular formula is C17H24ClNO2S. The molecule has 1 amide bonds. The lowest BCUT2D eigenvalue weighted by Crippen LogP contribution is -2.41. The minimum Gasteiger partial charge on any atom is -0.496 e. The Hall–Kier alpha value is -0.870. The number of ether oxygens (including phenoxy) is 1. The van der Waals surface area contributed by atoms with Crippen LogP contribution >= 0.6 is 23.4 Å². The van der Waals surface area contributed by atoms with Crippen LogP contribution < -0.4 is 10.1 Å². The highest BCUT2D eigenvalue weighted by Crippen LogP contribution is 2.27. The Morgan fingerprint density at radius 1 is 1.41 bits per heavy atom. The van der Waals surface area contributed by atoms with Crippen molar-refractivity contribution in [2.75, 3.05) is 12.9 Å². The van der Waals surface area contributed by atoms with Crippen molar-refractivity contribution in [2.45, 2.75) is 44.4 Å². The van der Waals surface area contributed by atoms with E-state index in [1.165, 1.54) is 19.3 Å². The second-order valence-corrected chi connectivity index (χ2v) is 7.31. The van der Waals surface area contributed by atoms with E-state index in [9.17, 15) is 4.79 Å². The molecule has 5 heteroatoms. The van der Waals surface area contributed by atoms with Crippen molar-refractivity contribution in [1.82, 2.24) is 5.32 Å². The van der Waals surface area contributed by atoms with Gasteiger partial charge in [0.2, 0.25) is 5.91 Å². The molecule has 2 atom stereocenters. The fraction of sp³-hybridized carbons (Fsp3) is 0.588. The summed E-state index contributed by atoms with van der Waals surface area (Å²) in [6, 6.07) is 5.92. The van der Waals surface area contributed by atoms with Gasteiger partial charge in [-0.3, -0.25) is 4.79 Å². The van der Waals surface area contributed by atoms with Crippen LogP contribution in [0.5, 0.6) is 5.75 Å². The van der Waals surface area contributed by atoms with Gasteiger partial charge in [-0.25, -0.2) is 0 Å². The number of carbonyl (C=O) groups excluding carboxylic acids is 1. The van der Waals surface area contributed by atoms with Crippen molar-refractivity contribution < 1.29 is 9.53 Å². The van der Waals surface area contributed by atoms with Gasteiger partial charge in [0.15, 0.2) is 0 Å². The monoisotopic (exact) mass is 341 g/mol. The SMILES string of the molecule is COc1ccc(Cl)cc1CSCC(=O)N[C@@H]1CCCC[C@H]1C. The van der Waals surface area contributed by atoms with Crippen LogP contribution in [0.4, 0.5) is 0 Å². The number of nitrogens with one attached hydrogen (secondary N) is 1. The van der Waals surface area contributed by atoms with Gasteiger partial charge in [-0.15, -0.1) is 11.8 Å². The number of hydrogen-bond acceptors (Lipinski definition) is 3. The van der Waals surface area contributed by atoms with Crippen molar-refractivity contribution in [2.24, 2.45) is 5.92 Å². The van der Waals surface area contributed by atoms with Crippen LogP contribution in [0.25, 0.3) is 0 Å². The predicted octanol–water partition coefficient (Wildman–Crippen LogP) is 4.28. The number of halogens is 1. The third-order valence-electron chi connectivity index (χ3n) is 4.19. The van der Waals surface area contributed by atoms with Crippen molar-refractivity contribution in [3.63, 3.8) is 0 Å². The Kier molecular flexibility index (Phi) is 6.90. The lowest BCUT2D eigenvalue weighted by molar-refractivity contribution is -0.119. The average molecular weight is 342 g/mol. The van der Waals surface area contributed by atoms with E-state index < -0.39 is 0 Å². The topological polar surface area (TPSA) is 38.3 Å². The number of amides is 1. The Morgan fingerprint density at radius 3 is 2.91 bits per heavy atom. The zero-order valence-electron chi connectivity index (χ0n) is 13.2. The highest BCUT2D eigenvalue weighted by atomic mass is 35.5. The molecule has 0 saturated heterocycles. The van der Waals surface area contributed by atoms with E-state index in [2.05, 4.69) is 12.2 Å². The molecule has 2 rings (SSSR count). The maximum absolute atomic E-state index is 12.1. The molecule has 0 bridgehead atoms. The third-order valence-corrected chi connectivity index (χ3v) is 5.41. The molecule has 122 valence electrons. The summed E-state index contributed by atoms with van der Waals surface area (Å²) in [4.78, 5) is 12.1. The summed E-state index contributed by atoms with van der Waals surface area (Å²) in [5.41, 5.74) is 1.03. The summed E-state index contributed by atoms with van der Waals surface area (Å²) in [6.45, 7) is 2.23. The minimum atomic E-state index is 0.129. The molecule has 22 heavy (non-hydrogen) atoms. The maximum Gasteiger partial charge on any atom is 0.230 e. The van der Waals surface area contributed by atoms with Gasteiger partial charge in [-0.05, 0) is 37.0 Å².